The van der Waals surface area contributed by atoms with Gasteiger partial charge < -0.3 is 35.3 Å². The van der Waals surface area contributed by atoms with E-state index in [-0.39, 0.29) is 83.0 Å². The van der Waals surface area contributed by atoms with Crippen LogP contribution >= 0.6 is 7.60 Å². The molecule has 37 heavy (non-hydrogen) atoms. The Hall–Kier alpha value is -3.07. The molecule has 15 nitrogen and oxygen atoms in total. The summed E-state index contributed by atoms with van der Waals surface area (Å²) in [6.45, 7) is 0.521. The Morgan fingerprint density at radius 2 is 1.03 bits per heavy atom. The van der Waals surface area contributed by atoms with Gasteiger partial charge in [-0.05, 0) is 24.3 Å². The predicted octanol–water partition coefficient (Wildman–Crippen LogP) is -1.50. The van der Waals surface area contributed by atoms with E-state index < -0.39 is 31.5 Å². The number of carbonyl (C=O) groups excluding carboxylic acids is 1. The van der Waals surface area contributed by atoms with E-state index in [0.717, 1.165) is 0 Å². The SMILES string of the molecule is O=C(O)CN1CCN(CC(=O)O)CCN(C(=O)Nc2ccc(P(=O)(O)O)cc2)CCN(CC(=O)O)CC1. The van der Waals surface area contributed by atoms with Gasteiger partial charge in [0.15, 0.2) is 0 Å². The summed E-state index contributed by atoms with van der Waals surface area (Å²) in [6.07, 6.45) is 0. The van der Waals surface area contributed by atoms with Crippen molar-refractivity contribution in [2.45, 2.75) is 0 Å². The summed E-state index contributed by atoms with van der Waals surface area (Å²) >= 11 is 0. The quantitative estimate of drug-likeness (QED) is 0.206. The van der Waals surface area contributed by atoms with Crippen molar-refractivity contribution in [1.29, 1.82) is 0 Å². The zero-order valence-corrected chi connectivity index (χ0v) is 21.0. The highest BCUT2D eigenvalue weighted by Gasteiger charge is 2.22. The molecule has 16 heteroatoms. The molecule has 6 N–H and O–H groups in total. The van der Waals surface area contributed by atoms with Crippen LogP contribution in [0.15, 0.2) is 24.3 Å². The van der Waals surface area contributed by atoms with Gasteiger partial charge >= 0.3 is 31.5 Å². The molecule has 1 aliphatic heterocycles. The summed E-state index contributed by atoms with van der Waals surface area (Å²) in [6, 6.07) is 4.51. The Bertz CT molecular complexity index is 970. The minimum atomic E-state index is -4.44. The fourth-order valence-corrected chi connectivity index (χ4v) is 4.27. The molecule has 206 valence electrons. The summed E-state index contributed by atoms with van der Waals surface area (Å²) in [5.74, 6) is -3.21. The van der Waals surface area contributed by atoms with Crippen LogP contribution in [-0.4, -0.2) is 141 Å². The fraction of sp³-hybridized carbons (Fsp3) is 0.524. The highest BCUT2D eigenvalue weighted by atomic mass is 31.2. The standard InChI is InChI=1S/C21H32N5O10P/c27-18(28)13-23-5-7-24(14-19(29)30)9-11-26(12-10-25(8-6-23)15-20(31)32)21(33)22-16-1-3-17(4-2-16)37(34,35)36/h1-4H,5-15H2,(H,22,33)(H,27,28)(H,29,30)(H,31,32)(H2,34,35,36). The van der Waals surface area contributed by atoms with Crippen molar-refractivity contribution >= 4 is 42.5 Å². The van der Waals surface area contributed by atoms with Crippen LogP contribution in [-0.2, 0) is 18.9 Å². The minimum Gasteiger partial charge on any atom is -0.480 e. The normalized spacial score (nSPS) is 17.4. The minimum absolute atomic E-state index is 0.0967. The number of hydrogen-bond acceptors (Lipinski definition) is 8. The number of carboxylic acids is 3. The largest absolute Gasteiger partial charge is 0.480 e. The molecule has 1 aromatic carbocycles. The molecular weight excluding hydrogens is 513 g/mol. The zero-order valence-electron chi connectivity index (χ0n) is 20.1. The van der Waals surface area contributed by atoms with E-state index in [9.17, 15) is 48.8 Å². The first-order valence-corrected chi connectivity index (χ1v) is 13.0. The molecule has 1 saturated heterocycles. The van der Waals surface area contributed by atoms with E-state index in [1.165, 1.54) is 29.2 Å². The monoisotopic (exact) mass is 545 g/mol. The smallest absolute Gasteiger partial charge is 0.356 e. The Kier molecular flexibility index (Phi) is 11.4. The van der Waals surface area contributed by atoms with Crippen molar-refractivity contribution in [3.8, 4) is 0 Å². The molecule has 0 aromatic heterocycles. The van der Waals surface area contributed by atoms with E-state index in [4.69, 9.17) is 0 Å². The number of anilines is 1. The number of carbonyl (C=O) groups is 4. The van der Waals surface area contributed by atoms with E-state index >= 15 is 0 Å². The number of benzene rings is 1. The van der Waals surface area contributed by atoms with Gasteiger partial charge in [0.1, 0.15) is 0 Å². The molecule has 0 spiro atoms. The van der Waals surface area contributed by atoms with Gasteiger partial charge in [-0.1, -0.05) is 0 Å². The van der Waals surface area contributed by atoms with Gasteiger partial charge in [0.2, 0.25) is 0 Å². The van der Waals surface area contributed by atoms with E-state index in [0.29, 0.717) is 0 Å². The number of hydrogen-bond donors (Lipinski definition) is 6. The van der Waals surface area contributed by atoms with Crippen LogP contribution in [0.2, 0.25) is 0 Å². The van der Waals surface area contributed by atoms with Crippen molar-refractivity contribution < 1.29 is 48.8 Å². The molecule has 2 rings (SSSR count). The second-order valence-electron chi connectivity index (χ2n) is 8.52. The second-order valence-corrected chi connectivity index (χ2v) is 10.1. The number of nitrogens with zero attached hydrogens (tertiary/aromatic N) is 4. The van der Waals surface area contributed by atoms with Crippen LogP contribution in [0.5, 0.6) is 0 Å². The highest BCUT2D eigenvalue weighted by Crippen LogP contribution is 2.33. The molecule has 0 aliphatic carbocycles. The number of aliphatic carboxylic acids is 3. The predicted molar refractivity (Wildman–Crippen MR) is 131 cm³/mol. The number of rotatable bonds is 8. The number of carboxylic acid groups (broad SMARTS) is 3. The van der Waals surface area contributed by atoms with Gasteiger partial charge in [-0.2, -0.15) is 0 Å². The summed E-state index contributed by atoms with van der Waals surface area (Å²) in [5, 5.41) is 30.2. The molecule has 0 atom stereocenters. The van der Waals surface area contributed by atoms with Crippen LogP contribution in [0.3, 0.4) is 0 Å². The zero-order chi connectivity index (χ0) is 27.6. The van der Waals surface area contributed by atoms with Crippen molar-refractivity contribution in [2.24, 2.45) is 0 Å². The van der Waals surface area contributed by atoms with E-state index in [1.807, 2.05) is 0 Å². The van der Waals surface area contributed by atoms with Crippen molar-refractivity contribution in [2.75, 3.05) is 77.3 Å². The molecule has 0 saturated carbocycles. The van der Waals surface area contributed by atoms with Crippen molar-refractivity contribution in [1.82, 2.24) is 19.6 Å². The lowest BCUT2D eigenvalue weighted by Gasteiger charge is -2.33. The van der Waals surface area contributed by atoms with Gasteiger partial charge in [-0.3, -0.25) is 33.6 Å². The van der Waals surface area contributed by atoms with E-state index in [2.05, 4.69) is 5.32 Å². The van der Waals surface area contributed by atoms with Crippen LogP contribution in [0.4, 0.5) is 10.5 Å². The average Bonchev–Trinajstić information content (AvgIpc) is 2.77. The summed E-state index contributed by atoms with van der Waals surface area (Å²) in [5.41, 5.74) is 0.280. The van der Waals surface area contributed by atoms with Gasteiger partial charge in [-0.15, -0.1) is 0 Å². The average molecular weight is 545 g/mol. The molecule has 0 bridgehead atoms. The lowest BCUT2D eigenvalue weighted by molar-refractivity contribution is -0.140. The Labute approximate surface area is 213 Å². The van der Waals surface area contributed by atoms with E-state index in [1.54, 1.807) is 14.7 Å². The molecule has 0 radical (unpaired) electrons. The Morgan fingerprint density at radius 1 is 0.676 bits per heavy atom. The number of urea groups is 1. The number of amides is 2. The van der Waals surface area contributed by atoms with Gasteiger partial charge in [0.25, 0.3) is 0 Å². The van der Waals surface area contributed by atoms with Gasteiger partial charge in [0, 0.05) is 58.0 Å². The van der Waals surface area contributed by atoms with Gasteiger partial charge in [-0.25, -0.2) is 4.79 Å². The third-order valence-electron chi connectivity index (χ3n) is 5.66. The van der Waals surface area contributed by atoms with Gasteiger partial charge in [0.05, 0.1) is 24.9 Å². The molecule has 1 heterocycles. The molecular formula is C21H32N5O10P. The van der Waals surface area contributed by atoms with Crippen LogP contribution in [0.1, 0.15) is 0 Å². The fourth-order valence-electron chi connectivity index (χ4n) is 3.73. The topological polar surface area (TPSA) is 211 Å². The lowest BCUT2D eigenvalue weighted by atomic mass is 10.3. The van der Waals surface area contributed by atoms with Crippen LogP contribution in [0.25, 0.3) is 0 Å². The Balaban J connectivity index is 2.19. The van der Waals surface area contributed by atoms with Crippen LogP contribution < -0.4 is 10.6 Å². The summed E-state index contributed by atoms with van der Waals surface area (Å²) < 4.78 is 11.4. The highest BCUT2D eigenvalue weighted by molar-refractivity contribution is 7.60. The maximum atomic E-state index is 13.0. The maximum Gasteiger partial charge on any atom is 0.356 e. The lowest BCUT2D eigenvalue weighted by Crippen LogP contribution is -2.50. The molecule has 1 aromatic rings. The number of nitrogens with one attached hydrogen (secondary N) is 1. The summed E-state index contributed by atoms with van der Waals surface area (Å²) in [7, 11) is -4.44. The first kappa shape index (κ1) is 30.2. The van der Waals surface area contributed by atoms with Crippen molar-refractivity contribution in [3.05, 3.63) is 24.3 Å². The first-order valence-electron chi connectivity index (χ1n) is 11.4. The first-order chi connectivity index (χ1) is 17.3. The Morgan fingerprint density at radius 3 is 1.35 bits per heavy atom. The third-order valence-corrected chi connectivity index (χ3v) is 6.63. The van der Waals surface area contributed by atoms with Crippen LogP contribution in [0, 0.1) is 0 Å². The molecule has 1 aliphatic rings. The second kappa shape index (κ2) is 14.0. The molecule has 2 amide bonds. The third kappa shape index (κ3) is 11.2. The summed E-state index contributed by atoms with van der Waals surface area (Å²) in [4.78, 5) is 71.6. The molecule has 0 unspecified atom stereocenters. The maximum absolute atomic E-state index is 13.0. The molecule has 1 fully saturated rings. The van der Waals surface area contributed by atoms with Crippen molar-refractivity contribution in [3.63, 3.8) is 0 Å².